The Balaban J connectivity index is 1.38. The maximum absolute atomic E-state index is 13.7. The Morgan fingerprint density at radius 3 is 2.56 bits per heavy atom. The van der Waals surface area contributed by atoms with Crippen molar-refractivity contribution in [3.05, 3.63) is 70.5 Å². The average molecular weight is 475 g/mol. The third kappa shape index (κ3) is 4.96. The first kappa shape index (κ1) is 22.7. The van der Waals surface area contributed by atoms with Crippen LogP contribution in [0.15, 0.2) is 52.7 Å². The second-order valence-electron chi connectivity index (χ2n) is 8.02. The van der Waals surface area contributed by atoms with Gasteiger partial charge < -0.3 is 9.64 Å². The van der Waals surface area contributed by atoms with Crippen molar-refractivity contribution in [2.45, 2.75) is 43.3 Å². The number of aryl methyl sites for hydroxylation is 1. The van der Waals surface area contributed by atoms with Gasteiger partial charge in [0.05, 0.1) is 22.4 Å². The lowest BCUT2D eigenvalue weighted by atomic mass is 10.1. The zero-order valence-electron chi connectivity index (χ0n) is 18.3. The fourth-order valence-corrected chi connectivity index (χ4v) is 6.88. The van der Waals surface area contributed by atoms with Gasteiger partial charge in [-0.25, -0.2) is 17.8 Å². The molecule has 32 heavy (non-hydrogen) atoms. The number of anilines is 1. The van der Waals surface area contributed by atoms with Gasteiger partial charge in [-0.2, -0.15) is 0 Å². The fourth-order valence-electron chi connectivity index (χ4n) is 4.02. The number of aromatic nitrogens is 1. The van der Waals surface area contributed by atoms with Gasteiger partial charge in [0, 0.05) is 24.9 Å². The number of nitrogens with zero attached hydrogens (tertiary/aromatic N) is 2. The molecular formula is C24H27FN2O3S2. The van der Waals surface area contributed by atoms with Crippen molar-refractivity contribution in [1.29, 1.82) is 0 Å². The Hall–Kier alpha value is -2.45. The molecule has 1 aliphatic heterocycles. The number of piperidine rings is 1. The van der Waals surface area contributed by atoms with Crippen LogP contribution < -0.4 is 9.64 Å². The van der Waals surface area contributed by atoms with Crippen LogP contribution in [-0.4, -0.2) is 38.3 Å². The van der Waals surface area contributed by atoms with Gasteiger partial charge in [-0.15, -0.1) is 11.3 Å². The predicted octanol–water partition coefficient (Wildman–Crippen LogP) is 5.02. The van der Waals surface area contributed by atoms with Crippen LogP contribution in [0.5, 0.6) is 5.75 Å². The predicted molar refractivity (Wildman–Crippen MR) is 126 cm³/mol. The summed E-state index contributed by atoms with van der Waals surface area (Å²) in [6.07, 6.45) is 1.75. The van der Waals surface area contributed by atoms with Crippen LogP contribution in [0.25, 0.3) is 0 Å². The molecule has 1 saturated heterocycles. The van der Waals surface area contributed by atoms with E-state index < -0.39 is 20.9 Å². The van der Waals surface area contributed by atoms with Crippen LogP contribution in [0, 0.1) is 12.7 Å². The summed E-state index contributed by atoms with van der Waals surface area (Å²) in [4.78, 5) is 7.04. The Labute approximate surface area is 192 Å². The third-order valence-corrected chi connectivity index (χ3v) is 9.12. The average Bonchev–Trinajstić information content (AvgIpc) is 3.25. The first-order valence-electron chi connectivity index (χ1n) is 10.8. The van der Waals surface area contributed by atoms with E-state index in [-0.39, 0.29) is 4.90 Å². The van der Waals surface area contributed by atoms with Gasteiger partial charge in [0.25, 0.3) is 0 Å². The number of sulfone groups is 1. The van der Waals surface area contributed by atoms with Crippen LogP contribution in [-0.2, 0) is 16.3 Å². The van der Waals surface area contributed by atoms with Gasteiger partial charge >= 0.3 is 0 Å². The number of hydrogen-bond donors (Lipinski definition) is 0. The first-order valence-corrected chi connectivity index (χ1v) is 13.2. The Morgan fingerprint density at radius 2 is 1.88 bits per heavy atom. The fraction of sp³-hybridized carbons (Fsp3) is 0.375. The van der Waals surface area contributed by atoms with Gasteiger partial charge in [0.2, 0.25) is 0 Å². The minimum atomic E-state index is -3.56. The zero-order valence-corrected chi connectivity index (χ0v) is 19.9. The number of thiazole rings is 1. The van der Waals surface area contributed by atoms with Gasteiger partial charge in [0.15, 0.2) is 15.0 Å². The van der Waals surface area contributed by atoms with Gasteiger partial charge in [-0.1, -0.05) is 18.2 Å². The molecule has 0 radical (unpaired) electrons. The van der Waals surface area contributed by atoms with Crippen molar-refractivity contribution in [2.24, 2.45) is 0 Å². The van der Waals surface area contributed by atoms with Crippen molar-refractivity contribution in [1.82, 2.24) is 4.98 Å². The SMILES string of the molecule is CCOc1ccc(Cc2csc(N3CCC(S(=O)(=O)c4cc(F)ccc4C)CC3)n2)cc1. The highest BCUT2D eigenvalue weighted by Gasteiger charge is 2.33. The van der Waals surface area contributed by atoms with Crippen molar-refractivity contribution >= 4 is 26.3 Å². The summed E-state index contributed by atoms with van der Waals surface area (Å²) >= 11 is 1.59. The zero-order chi connectivity index (χ0) is 22.7. The van der Waals surface area contributed by atoms with E-state index in [0.717, 1.165) is 29.1 Å². The molecule has 0 spiro atoms. The molecule has 8 heteroatoms. The smallest absolute Gasteiger partial charge is 0.185 e. The number of benzene rings is 2. The number of ether oxygens (including phenoxy) is 1. The molecule has 1 aliphatic rings. The summed E-state index contributed by atoms with van der Waals surface area (Å²) in [6.45, 7) is 5.56. The second-order valence-corrected chi connectivity index (χ2v) is 11.0. The van der Waals surface area contributed by atoms with Gasteiger partial charge in [-0.05, 0) is 62.1 Å². The monoisotopic (exact) mass is 474 g/mol. The van der Waals surface area contributed by atoms with E-state index in [0.29, 0.717) is 38.1 Å². The van der Waals surface area contributed by atoms with E-state index in [4.69, 9.17) is 9.72 Å². The minimum absolute atomic E-state index is 0.114. The maximum atomic E-state index is 13.7. The minimum Gasteiger partial charge on any atom is -0.494 e. The van der Waals surface area contributed by atoms with Crippen molar-refractivity contribution in [2.75, 3.05) is 24.6 Å². The molecule has 4 rings (SSSR count). The summed E-state index contributed by atoms with van der Waals surface area (Å²) in [6, 6.07) is 12.0. The van der Waals surface area contributed by atoms with Crippen molar-refractivity contribution in [3.8, 4) is 5.75 Å². The van der Waals surface area contributed by atoms with E-state index in [2.05, 4.69) is 22.4 Å². The van der Waals surface area contributed by atoms with Crippen LogP contribution >= 0.6 is 11.3 Å². The van der Waals surface area contributed by atoms with Crippen LogP contribution in [0.1, 0.15) is 36.6 Å². The van der Waals surface area contributed by atoms with Crippen LogP contribution in [0.3, 0.4) is 0 Å². The standard InChI is InChI=1S/C24H27FN2O3S2/c1-3-30-21-8-5-18(6-9-21)14-20-16-31-24(26-20)27-12-10-22(11-13-27)32(28,29)23-15-19(25)7-4-17(23)2/h4-9,15-16,22H,3,10-14H2,1-2H3. The lowest BCUT2D eigenvalue weighted by molar-refractivity contribution is 0.340. The highest BCUT2D eigenvalue weighted by molar-refractivity contribution is 7.92. The summed E-state index contributed by atoms with van der Waals surface area (Å²) in [5.41, 5.74) is 2.76. The lowest BCUT2D eigenvalue weighted by Gasteiger charge is -2.31. The molecule has 0 bridgehead atoms. The molecular weight excluding hydrogens is 447 g/mol. The molecule has 0 N–H and O–H groups in total. The molecule has 2 heterocycles. The quantitative estimate of drug-likeness (QED) is 0.481. The maximum Gasteiger partial charge on any atom is 0.185 e. The molecule has 0 aliphatic carbocycles. The molecule has 1 fully saturated rings. The molecule has 1 aromatic heterocycles. The van der Waals surface area contributed by atoms with E-state index in [1.54, 1.807) is 18.3 Å². The third-order valence-electron chi connectivity index (χ3n) is 5.77. The number of halogens is 1. The van der Waals surface area contributed by atoms with Crippen molar-refractivity contribution in [3.63, 3.8) is 0 Å². The molecule has 0 saturated carbocycles. The van der Waals surface area contributed by atoms with E-state index in [9.17, 15) is 12.8 Å². The summed E-state index contributed by atoms with van der Waals surface area (Å²) < 4.78 is 45.3. The number of rotatable bonds is 7. The molecule has 0 atom stereocenters. The lowest BCUT2D eigenvalue weighted by Crippen LogP contribution is -2.39. The molecule has 0 amide bonds. The molecule has 170 valence electrons. The van der Waals surface area contributed by atoms with Gasteiger partial charge in [-0.3, -0.25) is 0 Å². The topological polar surface area (TPSA) is 59.5 Å². The molecule has 0 unspecified atom stereocenters. The largest absolute Gasteiger partial charge is 0.494 e. The van der Waals surface area contributed by atoms with E-state index in [1.165, 1.54) is 17.7 Å². The van der Waals surface area contributed by atoms with Crippen LogP contribution in [0.4, 0.5) is 9.52 Å². The second kappa shape index (κ2) is 9.58. The van der Waals surface area contributed by atoms with E-state index >= 15 is 0 Å². The first-order chi connectivity index (χ1) is 15.4. The van der Waals surface area contributed by atoms with E-state index in [1.807, 2.05) is 19.1 Å². The number of hydrogen-bond acceptors (Lipinski definition) is 6. The molecule has 2 aromatic carbocycles. The Bertz CT molecular complexity index is 1170. The highest BCUT2D eigenvalue weighted by atomic mass is 32.2. The Morgan fingerprint density at radius 1 is 1.16 bits per heavy atom. The summed E-state index contributed by atoms with van der Waals surface area (Å²) in [7, 11) is -3.56. The summed E-state index contributed by atoms with van der Waals surface area (Å²) in [5, 5.41) is 2.48. The highest BCUT2D eigenvalue weighted by Crippen LogP contribution is 2.31. The van der Waals surface area contributed by atoms with Gasteiger partial charge in [0.1, 0.15) is 11.6 Å². The Kier molecular flexibility index (Phi) is 6.81. The molecule has 3 aromatic rings. The van der Waals surface area contributed by atoms with Crippen LogP contribution in [0.2, 0.25) is 0 Å². The molecule has 5 nitrogen and oxygen atoms in total. The van der Waals surface area contributed by atoms with Crippen molar-refractivity contribution < 1.29 is 17.5 Å². The summed E-state index contributed by atoms with van der Waals surface area (Å²) in [5.74, 6) is 0.343. The normalized spacial score (nSPS) is 15.2.